The van der Waals surface area contributed by atoms with Gasteiger partial charge in [-0.1, -0.05) is 11.8 Å². The van der Waals surface area contributed by atoms with Gasteiger partial charge in [0.2, 0.25) is 0 Å². The first-order valence-electron chi connectivity index (χ1n) is 5.12. The van der Waals surface area contributed by atoms with E-state index in [4.69, 9.17) is 10.8 Å². The lowest BCUT2D eigenvalue weighted by atomic mass is 10.2. The molecule has 0 aliphatic carbocycles. The maximum absolute atomic E-state index is 10.8. The Bertz CT molecular complexity index is 584. The van der Waals surface area contributed by atoms with E-state index in [0.717, 1.165) is 9.79 Å². The summed E-state index contributed by atoms with van der Waals surface area (Å²) in [4.78, 5) is 12.9. The van der Waals surface area contributed by atoms with Gasteiger partial charge < -0.3 is 10.8 Å². The van der Waals surface area contributed by atoms with E-state index in [1.165, 1.54) is 9.64 Å². The van der Waals surface area contributed by atoms with Gasteiger partial charge in [0.25, 0.3) is 0 Å². The van der Waals surface area contributed by atoms with Crippen molar-refractivity contribution >= 4 is 46.0 Å². The van der Waals surface area contributed by atoms with Crippen LogP contribution >= 0.6 is 34.4 Å². The largest absolute Gasteiger partial charge is 0.478 e. The van der Waals surface area contributed by atoms with Gasteiger partial charge in [0.05, 0.1) is 5.56 Å². The number of nitrogens with two attached hydrogens (primary N) is 1. The predicted molar refractivity (Wildman–Crippen MR) is 81.1 cm³/mol. The molecule has 3 nitrogen and oxygen atoms in total. The predicted octanol–water partition coefficient (Wildman–Crippen LogP) is 3.72. The minimum Gasteiger partial charge on any atom is -0.478 e. The van der Waals surface area contributed by atoms with Crippen LogP contribution in [0.15, 0.2) is 52.3 Å². The zero-order chi connectivity index (χ0) is 13.1. The third-order valence-corrected chi connectivity index (χ3v) is 4.02. The topological polar surface area (TPSA) is 63.3 Å². The zero-order valence-corrected chi connectivity index (χ0v) is 12.2. The molecule has 2 aromatic rings. The van der Waals surface area contributed by atoms with E-state index in [9.17, 15) is 4.79 Å². The number of hydrogen-bond donors (Lipinski definition) is 2. The van der Waals surface area contributed by atoms with E-state index in [0.29, 0.717) is 0 Å². The van der Waals surface area contributed by atoms with Gasteiger partial charge >= 0.3 is 5.97 Å². The lowest BCUT2D eigenvalue weighted by molar-refractivity contribution is 0.0698. The Hall–Kier alpha value is -1.21. The molecule has 0 heterocycles. The molecule has 18 heavy (non-hydrogen) atoms. The van der Waals surface area contributed by atoms with Crippen molar-refractivity contribution in [3.8, 4) is 0 Å². The Balaban J connectivity index is 2.22. The molecule has 5 heteroatoms. The van der Waals surface area contributed by atoms with Crippen molar-refractivity contribution < 1.29 is 9.90 Å². The standard InChI is InChI=1S/C13H10INO2S/c14-8-1-3-9(4-2-8)18-10-5-6-11(13(16)17)12(15)7-10/h1-7H,15H2,(H,16,17). The molecule has 2 rings (SSSR count). The lowest BCUT2D eigenvalue weighted by Crippen LogP contribution is -2.01. The Kier molecular flexibility index (Phi) is 4.13. The number of carbonyl (C=O) groups is 1. The number of aromatic carboxylic acids is 1. The first-order valence-corrected chi connectivity index (χ1v) is 7.02. The molecule has 0 spiro atoms. The number of rotatable bonds is 3. The molecule has 3 N–H and O–H groups in total. The normalized spacial score (nSPS) is 10.3. The van der Waals surface area contributed by atoms with Crippen molar-refractivity contribution in [3.63, 3.8) is 0 Å². The molecule has 0 radical (unpaired) electrons. The SMILES string of the molecule is Nc1cc(Sc2ccc(I)cc2)ccc1C(=O)O. The molecular weight excluding hydrogens is 361 g/mol. The van der Waals surface area contributed by atoms with Crippen LogP contribution < -0.4 is 5.73 Å². The molecular formula is C13H10INO2S. The molecule has 0 atom stereocenters. The van der Waals surface area contributed by atoms with Gasteiger partial charge in [-0.3, -0.25) is 0 Å². The first kappa shape index (κ1) is 13.2. The second-order valence-corrected chi connectivity index (χ2v) is 6.00. The second kappa shape index (κ2) is 5.62. The molecule has 0 bridgehead atoms. The van der Waals surface area contributed by atoms with Crippen LogP contribution in [0.4, 0.5) is 5.69 Å². The molecule has 2 aromatic carbocycles. The average molecular weight is 371 g/mol. The van der Waals surface area contributed by atoms with Crippen LogP contribution in [0.1, 0.15) is 10.4 Å². The summed E-state index contributed by atoms with van der Waals surface area (Å²) in [5, 5.41) is 8.89. The molecule has 0 aliphatic rings. The molecule has 0 amide bonds. The number of hydrogen-bond acceptors (Lipinski definition) is 3. The molecule has 0 saturated carbocycles. The Labute approximate surface area is 123 Å². The zero-order valence-electron chi connectivity index (χ0n) is 9.26. The third kappa shape index (κ3) is 3.17. The van der Waals surface area contributed by atoms with Gasteiger partial charge in [-0.15, -0.1) is 0 Å². The van der Waals surface area contributed by atoms with Crippen LogP contribution in [0, 0.1) is 3.57 Å². The van der Waals surface area contributed by atoms with E-state index >= 15 is 0 Å². The Morgan fingerprint density at radius 2 is 1.72 bits per heavy atom. The Morgan fingerprint density at radius 3 is 2.28 bits per heavy atom. The van der Waals surface area contributed by atoms with E-state index in [-0.39, 0.29) is 11.3 Å². The van der Waals surface area contributed by atoms with Crippen molar-refractivity contribution in [1.82, 2.24) is 0 Å². The van der Waals surface area contributed by atoms with Gasteiger partial charge in [0.15, 0.2) is 0 Å². The fourth-order valence-electron chi connectivity index (χ4n) is 1.44. The van der Waals surface area contributed by atoms with Crippen molar-refractivity contribution in [2.75, 3.05) is 5.73 Å². The molecule has 0 fully saturated rings. The Morgan fingerprint density at radius 1 is 1.11 bits per heavy atom. The van der Waals surface area contributed by atoms with Crippen LogP contribution in [0.2, 0.25) is 0 Å². The van der Waals surface area contributed by atoms with Crippen LogP contribution in [0.3, 0.4) is 0 Å². The fraction of sp³-hybridized carbons (Fsp3) is 0. The van der Waals surface area contributed by atoms with E-state index in [1.807, 2.05) is 24.3 Å². The van der Waals surface area contributed by atoms with Gasteiger partial charge in [-0.05, 0) is 65.1 Å². The monoisotopic (exact) mass is 371 g/mol. The van der Waals surface area contributed by atoms with Crippen LogP contribution in [-0.4, -0.2) is 11.1 Å². The van der Waals surface area contributed by atoms with Gasteiger partial charge in [-0.2, -0.15) is 0 Å². The van der Waals surface area contributed by atoms with E-state index in [2.05, 4.69) is 22.6 Å². The number of carboxylic acids is 1. The lowest BCUT2D eigenvalue weighted by Gasteiger charge is -2.05. The number of nitrogen functional groups attached to an aromatic ring is 1. The molecule has 0 aliphatic heterocycles. The van der Waals surface area contributed by atoms with Crippen LogP contribution in [-0.2, 0) is 0 Å². The highest BCUT2D eigenvalue weighted by atomic mass is 127. The summed E-state index contributed by atoms with van der Waals surface area (Å²) in [6.45, 7) is 0. The molecule has 0 aromatic heterocycles. The summed E-state index contributed by atoms with van der Waals surface area (Å²) in [5.74, 6) is -1.00. The second-order valence-electron chi connectivity index (χ2n) is 3.61. The van der Waals surface area contributed by atoms with Gasteiger partial charge in [-0.25, -0.2) is 4.79 Å². The number of halogens is 1. The molecule has 92 valence electrons. The highest BCUT2D eigenvalue weighted by molar-refractivity contribution is 14.1. The van der Waals surface area contributed by atoms with E-state index in [1.54, 1.807) is 23.9 Å². The van der Waals surface area contributed by atoms with Gasteiger partial charge in [0, 0.05) is 19.0 Å². The summed E-state index contributed by atoms with van der Waals surface area (Å²) < 4.78 is 1.18. The summed E-state index contributed by atoms with van der Waals surface area (Å²) in [6, 6.07) is 13.1. The van der Waals surface area contributed by atoms with Crippen molar-refractivity contribution in [2.24, 2.45) is 0 Å². The summed E-state index contributed by atoms with van der Waals surface area (Å²) in [6.07, 6.45) is 0. The molecule has 0 saturated heterocycles. The smallest absolute Gasteiger partial charge is 0.337 e. The van der Waals surface area contributed by atoms with E-state index < -0.39 is 5.97 Å². The number of carboxylic acid groups (broad SMARTS) is 1. The summed E-state index contributed by atoms with van der Waals surface area (Å²) in [7, 11) is 0. The highest BCUT2D eigenvalue weighted by Gasteiger charge is 2.08. The quantitative estimate of drug-likeness (QED) is 0.638. The number of anilines is 1. The maximum atomic E-state index is 10.8. The number of benzene rings is 2. The highest BCUT2D eigenvalue weighted by Crippen LogP contribution is 2.30. The van der Waals surface area contributed by atoms with Crippen LogP contribution in [0.25, 0.3) is 0 Å². The summed E-state index contributed by atoms with van der Waals surface area (Å²) in [5.41, 5.74) is 6.14. The molecule has 0 unspecified atom stereocenters. The van der Waals surface area contributed by atoms with Crippen molar-refractivity contribution in [3.05, 3.63) is 51.6 Å². The van der Waals surface area contributed by atoms with Crippen molar-refractivity contribution in [2.45, 2.75) is 9.79 Å². The minimum absolute atomic E-state index is 0.141. The van der Waals surface area contributed by atoms with Crippen LogP contribution in [0.5, 0.6) is 0 Å². The van der Waals surface area contributed by atoms with Gasteiger partial charge in [0.1, 0.15) is 0 Å². The summed E-state index contributed by atoms with van der Waals surface area (Å²) >= 11 is 3.80. The average Bonchev–Trinajstić information content (AvgIpc) is 2.32. The first-order chi connectivity index (χ1) is 8.56. The van der Waals surface area contributed by atoms with Crippen molar-refractivity contribution in [1.29, 1.82) is 0 Å². The fourth-order valence-corrected chi connectivity index (χ4v) is 2.66. The third-order valence-electron chi connectivity index (χ3n) is 2.30. The minimum atomic E-state index is -1.00. The maximum Gasteiger partial charge on any atom is 0.337 e.